The van der Waals surface area contributed by atoms with Gasteiger partial charge in [0, 0.05) is 5.56 Å². The van der Waals surface area contributed by atoms with Gasteiger partial charge >= 0.3 is 5.97 Å². The molecule has 1 heterocycles. The van der Waals surface area contributed by atoms with Crippen molar-refractivity contribution >= 4 is 17.0 Å². The Kier molecular flexibility index (Phi) is 4.88. The fraction of sp³-hybridized carbons (Fsp3) is 0.263. The van der Waals surface area contributed by atoms with Crippen LogP contribution in [0.1, 0.15) is 30.6 Å². The van der Waals surface area contributed by atoms with Crippen molar-refractivity contribution in [2.45, 2.75) is 20.3 Å². The number of rotatable bonds is 6. The molecule has 0 aliphatic carbocycles. The topological polar surface area (TPSA) is 84.4 Å². The summed E-state index contributed by atoms with van der Waals surface area (Å²) in [6.07, 6.45) is 0.783. The van der Waals surface area contributed by atoms with E-state index in [-0.39, 0.29) is 11.7 Å². The minimum Gasteiger partial charge on any atom is -0.504 e. The zero-order valence-electron chi connectivity index (χ0n) is 14.2. The molecule has 130 valence electrons. The van der Waals surface area contributed by atoms with Gasteiger partial charge in [-0.05, 0) is 49.7 Å². The van der Waals surface area contributed by atoms with Crippen LogP contribution >= 0.6 is 0 Å². The standard InChI is InChI=1S/C19H20N2O4/c1-3-9-25-19(23)13-5-7-14-15(10-13)21-18(20-14)12-6-8-16(22)17(11-12)24-4-2/h5-8,10-11,22H,3-4,9H2,1-2H3,(H,20,21). The number of imidazole rings is 1. The van der Waals surface area contributed by atoms with Crippen molar-refractivity contribution < 1.29 is 19.4 Å². The molecule has 25 heavy (non-hydrogen) atoms. The van der Waals surface area contributed by atoms with E-state index in [1.165, 1.54) is 0 Å². The van der Waals surface area contributed by atoms with E-state index >= 15 is 0 Å². The number of benzene rings is 2. The van der Waals surface area contributed by atoms with E-state index in [1.54, 1.807) is 36.4 Å². The zero-order valence-corrected chi connectivity index (χ0v) is 14.2. The van der Waals surface area contributed by atoms with E-state index in [0.29, 0.717) is 30.4 Å². The van der Waals surface area contributed by atoms with Crippen LogP contribution in [-0.4, -0.2) is 34.3 Å². The Labute approximate surface area is 145 Å². The summed E-state index contributed by atoms with van der Waals surface area (Å²) in [5.41, 5.74) is 2.75. The van der Waals surface area contributed by atoms with Crippen LogP contribution in [0.3, 0.4) is 0 Å². The van der Waals surface area contributed by atoms with Gasteiger partial charge in [0.15, 0.2) is 11.5 Å². The second-order valence-electron chi connectivity index (χ2n) is 5.57. The number of aromatic nitrogens is 2. The zero-order chi connectivity index (χ0) is 17.8. The van der Waals surface area contributed by atoms with Gasteiger partial charge in [0.2, 0.25) is 0 Å². The summed E-state index contributed by atoms with van der Waals surface area (Å²) in [6.45, 7) is 4.66. The summed E-state index contributed by atoms with van der Waals surface area (Å²) >= 11 is 0. The first-order chi connectivity index (χ1) is 12.1. The molecule has 3 rings (SSSR count). The number of H-pyrrole nitrogens is 1. The molecule has 0 fully saturated rings. The van der Waals surface area contributed by atoms with Crippen molar-refractivity contribution in [3.05, 3.63) is 42.0 Å². The number of nitrogens with zero attached hydrogens (tertiary/aromatic N) is 1. The molecular weight excluding hydrogens is 320 g/mol. The molecule has 6 nitrogen and oxygen atoms in total. The second-order valence-corrected chi connectivity index (χ2v) is 5.57. The molecule has 0 aliphatic heterocycles. The van der Waals surface area contributed by atoms with E-state index in [1.807, 2.05) is 13.8 Å². The van der Waals surface area contributed by atoms with Gasteiger partial charge in [0.1, 0.15) is 5.82 Å². The number of aromatic hydroxyl groups is 1. The van der Waals surface area contributed by atoms with Gasteiger partial charge in [0.05, 0.1) is 29.8 Å². The molecule has 2 N–H and O–H groups in total. The Morgan fingerprint density at radius 3 is 2.80 bits per heavy atom. The van der Waals surface area contributed by atoms with Crippen molar-refractivity contribution in [3.63, 3.8) is 0 Å². The molecule has 0 atom stereocenters. The minimum absolute atomic E-state index is 0.0858. The van der Waals surface area contributed by atoms with Gasteiger partial charge in [-0.25, -0.2) is 9.78 Å². The van der Waals surface area contributed by atoms with Crippen LogP contribution in [0, 0.1) is 0 Å². The Hall–Kier alpha value is -3.02. The Morgan fingerprint density at radius 1 is 1.20 bits per heavy atom. The van der Waals surface area contributed by atoms with Crippen LogP contribution in [0.25, 0.3) is 22.4 Å². The third-order valence-corrected chi connectivity index (χ3v) is 3.69. The number of nitrogens with one attached hydrogen (secondary N) is 1. The van der Waals surface area contributed by atoms with Crippen molar-refractivity contribution in [1.82, 2.24) is 9.97 Å². The first-order valence-corrected chi connectivity index (χ1v) is 8.25. The van der Waals surface area contributed by atoms with Gasteiger partial charge in [0.25, 0.3) is 0 Å². The van der Waals surface area contributed by atoms with Crippen LogP contribution in [0.2, 0.25) is 0 Å². The molecule has 6 heteroatoms. The lowest BCUT2D eigenvalue weighted by Gasteiger charge is -2.06. The molecule has 0 bridgehead atoms. The van der Waals surface area contributed by atoms with Crippen LogP contribution in [0.5, 0.6) is 11.5 Å². The smallest absolute Gasteiger partial charge is 0.338 e. The number of carbonyl (C=O) groups excluding carboxylic acids is 1. The van der Waals surface area contributed by atoms with Crippen LogP contribution < -0.4 is 4.74 Å². The highest BCUT2D eigenvalue weighted by atomic mass is 16.5. The highest BCUT2D eigenvalue weighted by molar-refractivity contribution is 5.94. The van der Waals surface area contributed by atoms with Crippen molar-refractivity contribution in [2.75, 3.05) is 13.2 Å². The number of esters is 1. The molecular formula is C19H20N2O4. The molecule has 0 unspecified atom stereocenters. The van der Waals surface area contributed by atoms with Crippen molar-refractivity contribution in [1.29, 1.82) is 0 Å². The van der Waals surface area contributed by atoms with Crippen LogP contribution in [0.15, 0.2) is 36.4 Å². The first kappa shape index (κ1) is 16.8. The normalized spacial score (nSPS) is 10.8. The van der Waals surface area contributed by atoms with Gasteiger partial charge in [-0.2, -0.15) is 0 Å². The average Bonchev–Trinajstić information content (AvgIpc) is 3.04. The molecule has 0 spiro atoms. The van der Waals surface area contributed by atoms with E-state index in [9.17, 15) is 9.90 Å². The lowest BCUT2D eigenvalue weighted by Crippen LogP contribution is -2.05. The highest BCUT2D eigenvalue weighted by Crippen LogP contribution is 2.31. The predicted molar refractivity (Wildman–Crippen MR) is 94.9 cm³/mol. The molecule has 0 amide bonds. The number of hydrogen-bond donors (Lipinski definition) is 2. The third kappa shape index (κ3) is 3.57. The number of fused-ring (bicyclic) bond motifs is 1. The monoisotopic (exact) mass is 340 g/mol. The number of ether oxygens (including phenoxy) is 2. The number of aromatic amines is 1. The molecule has 1 aromatic heterocycles. The number of hydrogen-bond acceptors (Lipinski definition) is 5. The fourth-order valence-electron chi connectivity index (χ4n) is 2.48. The summed E-state index contributed by atoms with van der Waals surface area (Å²) in [7, 11) is 0. The number of phenols is 1. The Morgan fingerprint density at radius 2 is 2.04 bits per heavy atom. The van der Waals surface area contributed by atoms with E-state index in [4.69, 9.17) is 9.47 Å². The lowest BCUT2D eigenvalue weighted by atomic mass is 10.2. The van der Waals surface area contributed by atoms with Crippen molar-refractivity contribution in [3.8, 4) is 22.9 Å². The molecule has 2 aromatic carbocycles. The van der Waals surface area contributed by atoms with E-state index in [2.05, 4.69) is 9.97 Å². The number of carbonyl (C=O) groups is 1. The minimum atomic E-state index is -0.344. The molecule has 0 saturated carbocycles. The van der Waals surface area contributed by atoms with Crippen LogP contribution in [-0.2, 0) is 4.74 Å². The Balaban J connectivity index is 1.93. The maximum atomic E-state index is 12.0. The maximum Gasteiger partial charge on any atom is 0.338 e. The predicted octanol–water partition coefficient (Wildman–Crippen LogP) is 3.90. The van der Waals surface area contributed by atoms with Gasteiger partial charge in [-0.1, -0.05) is 6.92 Å². The molecule has 0 aliphatic rings. The summed E-state index contributed by atoms with van der Waals surface area (Å²) in [5, 5.41) is 9.81. The van der Waals surface area contributed by atoms with Crippen LogP contribution in [0.4, 0.5) is 0 Å². The first-order valence-electron chi connectivity index (χ1n) is 8.25. The Bertz CT molecular complexity index is 902. The fourth-order valence-corrected chi connectivity index (χ4v) is 2.48. The highest BCUT2D eigenvalue weighted by Gasteiger charge is 2.12. The van der Waals surface area contributed by atoms with Gasteiger partial charge in [-0.15, -0.1) is 0 Å². The summed E-state index contributed by atoms with van der Waals surface area (Å²) in [6, 6.07) is 10.3. The van der Waals surface area contributed by atoms with Gasteiger partial charge < -0.3 is 19.6 Å². The molecule has 0 radical (unpaired) electrons. The largest absolute Gasteiger partial charge is 0.504 e. The SMILES string of the molecule is CCCOC(=O)c1ccc2nc(-c3ccc(O)c(OCC)c3)[nH]c2c1. The van der Waals surface area contributed by atoms with Crippen molar-refractivity contribution in [2.24, 2.45) is 0 Å². The molecule has 3 aromatic rings. The van der Waals surface area contributed by atoms with E-state index in [0.717, 1.165) is 23.0 Å². The van der Waals surface area contributed by atoms with Gasteiger partial charge in [-0.3, -0.25) is 0 Å². The molecule has 0 saturated heterocycles. The quantitative estimate of drug-likeness (QED) is 0.665. The maximum absolute atomic E-state index is 12.0. The summed E-state index contributed by atoms with van der Waals surface area (Å²) in [5.74, 6) is 0.783. The summed E-state index contributed by atoms with van der Waals surface area (Å²) in [4.78, 5) is 19.7. The average molecular weight is 340 g/mol. The summed E-state index contributed by atoms with van der Waals surface area (Å²) < 4.78 is 10.6. The number of phenolic OH excluding ortho intramolecular Hbond substituents is 1. The lowest BCUT2D eigenvalue weighted by molar-refractivity contribution is 0.0505. The second kappa shape index (κ2) is 7.25. The van der Waals surface area contributed by atoms with E-state index < -0.39 is 0 Å². The third-order valence-electron chi connectivity index (χ3n) is 3.69.